The van der Waals surface area contributed by atoms with Crippen LogP contribution in [0.5, 0.6) is 0 Å². The lowest BCUT2D eigenvalue weighted by Gasteiger charge is -2.08. The summed E-state index contributed by atoms with van der Waals surface area (Å²) in [5.74, 6) is -0.579. The molecule has 2 rings (SSSR count). The first kappa shape index (κ1) is 15.0. The summed E-state index contributed by atoms with van der Waals surface area (Å²) in [7, 11) is 1.22. The number of esters is 1. The highest BCUT2D eigenvalue weighted by atomic mass is 79.9. The summed E-state index contributed by atoms with van der Waals surface area (Å²) in [5.41, 5.74) is 1.40. The predicted octanol–water partition coefficient (Wildman–Crippen LogP) is 3.93. The molecule has 0 bridgehead atoms. The molecule has 1 heterocycles. The molecule has 1 aromatic heterocycles. The molecule has 0 amide bonds. The summed E-state index contributed by atoms with van der Waals surface area (Å²) in [6.45, 7) is 1.95. The second-order valence-electron chi connectivity index (χ2n) is 4.08. The molecule has 0 aliphatic rings. The predicted molar refractivity (Wildman–Crippen MR) is 81.9 cm³/mol. The molecule has 2 aromatic rings. The fraction of sp³-hybridized carbons (Fsp3) is 0.143. The maximum atomic E-state index is 12.1. The third-order valence-corrected chi connectivity index (χ3v) is 4.13. The van der Waals surface area contributed by atoms with Gasteiger partial charge in [-0.3, -0.25) is 4.79 Å². The average Bonchev–Trinajstić information content (AvgIpc) is 2.45. The smallest absolute Gasteiger partial charge is 0.375 e. The number of ether oxygens (including phenoxy) is 1. The fourth-order valence-electron chi connectivity index (χ4n) is 1.61. The first-order valence-corrected chi connectivity index (χ1v) is 7.21. The summed E-state index contributed by atoms with van der Waals surface area (Å²) in [6.07, 6.45) is 0. The largest absolute Gasteiger partial charge is 0.463 e. The van der Waals surface area contributed by atoms with Crippen LogP contribution in [-0.2, 0) is 4.74 Å². The van der Waals surface area contributed by atoms with Crippen molar-refractivity contribution in [2.45, 2.75) is 6.92 Å². The van der Waals surface area contributed by atoms with Gasteiger partial charge < -0.3 is 9.15 Å². The van der Waals surface area contributed by atoms with Crippen LogP contribution in [0.3, 0.4) is 0 Å². The second-order valence-corrected chi connectivity index (χ2v) is 5.66. The minimum Gasteiger partial charge on any atom is -0.463 e. The van der Waals surface area contributed by atoms with E-state index in [0.29, 0.717) is 11.3 Å². The van der Waals surface area contributed by atoms with Gasteiger partial charge in [-0.05, 0) is 38.8 Å². The van der Waals surface area contributed by atoms with E-state index in [-0.39, 0.29) is 20.1 Å². The Morgan fingerprint density at radius 1 is 1.15 bits per heavy atom. The lowest BCUT2D eigenvalue weighted by Crippen LogP contribution is -2.13. The minimum absolute atomic E-state index is 0.0343. The lowest BCUT2D eigenvalue weighted by molar-refractivity contribution is 0.0561. The summed E-state index contributed by atoms with van der Waals surface area (Å²) >= 11 is 6.26. The van der Waals surface area contributed by atoms with Crippen LogP contribution in [0.4, 0.5) is 0 Å². The van der Waals surface area contributed by atoms with E-state index in [2.05, 4.69) is 36.6 Å². The van der Waals surface area contributed by atoms with E-state index < -0.39 is 5.97 Å². The number of hydrogen-bond acceptors (Lipinski definition) is 4. The van der Waals surface area contributed by atoms with E-state index in [4.69, 9.17) is 4.42 Å². The van der Waals surface area contributed by atoms with Crippen LogP contribution in [0.25, 0.3) is 11.3 Å². The topological polar surface area (TPSA) is 56.5 Å². The van der Waals surface area contributed by atoms with E-state index in [9.17, 15) is 9.59 Å². The van der Waals surface area contributed by atoms with Crippen LogP contribution in [0.2, 0.25) is 0 Å². The maximum Gasteiger partial charge on any atom is 0.375 e. The Morgan fingerprint density at radius 3 is 2.30 bits per heavy atom. The van der Waals surface area contributed by atoms with Gasteiger partial charge in [-0.1, -0.05) is 29.8 Å². The number of carbonyl (C=O) groups excluding carboxylic acids is 1. The van der Waals surface area contributed by atoms with Crippen molar-refractivity contribution in [3.05, 3.63) is 54.8 Å². The molecule has 0 spiro atoms. The van der Waals surface area contributed by atoms with Gasteiger partial charge in [-0.25, -0.2) is 4.79 Å². The van der Waals surface area contributed by atoms with E-state index in [1.54, 1.807) is 0 Å². The molecule has 20 heavy (non-hydrogen) atoms. The molecule has 1 aromatic carbocycles. The van der Waals surface area contributed by atoms with Crippen LogP contribution < -0.4 is 5.43 Å². The summed E-state index contributed by atoms with van der Waals surface area (Å²) < 4.78 is 10.4. The van der Waals surface area contributed by atoms with Gasteiger partial charge in [0.15, 0.2) is 5.76 Å². The number of benzene rings is 1. The summed E-state index contributed by atoms with van der Waals surface area (Å²) in [5, 5.41) is 0. The highest BCUT2D eigenvalue weighted by Crippen LogP contribution is 2.30. The van der Waals surface area contributed by atoms with Gasteiger partial charge in [0.25, 0.3) is 0 Å². The van der Waals surface area contributed by atoms with Crippen LogP contribution >= 0.6 is 31.9 Å². The number of methoxy groups -OCH3 is 1. The summed E-state index contributed by atoms with van der Waals surface area (Å²) in [4.78, 5) is 23.7. The maximum absolute atomic E-state index is 12.1. The van der Waals surface area contributed by atoms with Gasteiger partial charge in [-0.2, -0.15) is 0 Å². The highest BCUT2D eigenvalue weighted by Gasteiger charge is 2.22. The zero-order valence-electron chi connectivity index (χ0n) is 10.7. The van der Waals surface area contributed by atoms with Crippen LogP contribution in [0.15, 0.2) is 42.4 Å². The molecule has 0 radical (unpaired) electrons. The Hall–Kier alpha value is -1.40. The van der Waals surface area contributed by atoms with Gasteiger partial charge in [0.1, 0.15) is 8.95 Å². The van der Waals surface area contributed by atoms with Crippen molar-refractivity contribution in [1.82, 2.24) is 0 Å². The number of halogens is 2. The molecule has 0 aliphatic carbocycles. The van der Waals surface area contributed by atoms with Crippen molar-refractivity contribution >= 4 is 37.8 Å². The standard InChI is InChI=1S/C14H10Br2O4/c1-7-3-5-8(6-4-7)12-9(15)11(17)10(16)13(20-12)14(18)19-2/h3-6H,1-2H3. The highest BCUT2D eigenvalue weighted by molar-refractivity contribution is 9.11. The monoisotopic (exact) mass is 400 g/mol. The Bertz CT molecular complexity index is 717. The van der Waals surface area contributed by atoms with Gasteiger partial charge >= 0.3 is 5.97 Å². The van der Waals surface area contributed by atoms with Crippen molar-refractivity contribution in [2.75, 3.05) is 7.11 Å². The fourth-order valence-corrected chi connectivity index (χ4v) is 2.82. The molecule has 0 saturated carbocycles. The summed E-state index contributed by atoms with van der Waals surface area (Å²) in [6, 6.07) is 7.41. The van der Waals surface area contributed by atoms with Crippen molar-refractivity contribution in [1.29, 1.82) is 0 Å². The molecular formula is C14H10Br2O4. The number of aryl methyl sites for hydroxylation is 1. The van der Waals surface area contributed by atoms with Gasteiger partial charge in [0, 0.05) is 5.56 Å². The normalized spacial score (nSPS) is 10.4. The Kier molecular flexibility index (Phi) is 4.45. The molecule has 0 atom stereocenters. The van der Waals surface area contributed by atoms with E-state index >= 15 is 0 Å². The first-order valence-electron chi connectivity index (χ1n) is 5.63. The molecule has 0 aliphatic heterocycles. The van der Waals surface area contributed by atoms with E-state index in [0.717, 1.165) is 5.56 Å². The van der Waals surface area contributed by atoms with Gasteiger partial charge in [0.05, 0.1) is 7.11 Å². The van der Waals surface area contributed by atoms with Crippen LogP contribution in [0, 0.1) is 6.92 Å². The van der Waals surface area contributed by atoms with Crippen molar-refractivity contribution in [3.8, 4) is 11.3 Å². The molecule has 0 N–H and O–H groups in total. The first-order chi connectivity index (χ1) is 9.45. The number of hydrogen-bond donors (Lipinski definition) is 0. The van der Waals surface area contributed by atoms with Crippen LogP contribution in [-0.4, -0.2) is 13.1 Å². The number of rotatable bonds is 2. The SMILES string of the molecule is COC(=O)c1oc(-c2ccc(C)cc2)c(Br)c(=O)c1Br. The van der Waals surface area contributed by atoms with Crippen molar-refractivity contribution < 1.29 is 13.9 Å². The quantitative estimate of drug-likeness (QED) is 0.715. The Morgan fingerprint density at radius 2 is 1.75 bits per heavy atom. The molecule has 6 heteroatoms. The molecule has 0 fully saturated rings. The minimum atomic E-state index is -0.713. The molecular weight excluding hydrogens is 392 g/mol. The molecule has 4 nitrogen and oxygen atoms in total. The van der Waals surface area contributed by atoms with Crippen LogP contribution in [0.1, 0.15) is 16.1 Å². The third-order valence-electron chi connectivity index (χ3n) is 2.69. The lowest BCUT2D eigenvalue weighted by atomic mass is 10.1. The molecule has 104 valence electrons. The average molecular weight is 402 g/mol. The Balaban J connectivity index is 2.70. The van der Waals surface area contributed by atoms with Crippen molar-refractivity contribution in [2.24, 2.45) is 0 Å². The second kappa shape index (κ2) is 5.93. The van der Waals surface area contributed by atoms with Gasteiger partial charge in [-0.15, -0.1) is 0 Å². The van der Waals surface area contributed by atoms with Gasteiger partial charge in [0.2, 0.25) is 11.2 Å². The molecule has 0 unspecified atom stereocenters. The third kappa shape index (κ3) is 2.71. The van der Waals surface area contributed by atoms with E-state index in [1.165, 1.54) is 7.11 Å². The Labute approximate surface area is 132 Å². The van der Waals surface area contributed by atoms with E-state index in [1.807, 2.05) is 31.2 Å². The molecule has 0 saturated heterocycles. The van der Waals surface area contributed by atoms with Crippen molar-refractivity contribution in [3.63, 3.8) is 0 Å². The zero-order chi connectivity index (χ0) is 14.9. The zero-order valence-corrected chi connectivity index (χ0v) is 13.9. The number of carbonyl (C=O) groups is 1.